The number of rotatable bonds is 3. The van der Waals surface area contributed by atoms with E-state index in [1.54, 1.807) is 0 Å². The highest BCUT2D eigenvalue weighted by Crippen LogP contribution is 2.36. The average Bonchev–Trinajstić information content (AvgIpc) is 2.59. The third-order valence-electron chi connectivity index (χ3n) is 4.18. The Bertz CT molecular complexity index is 375. The highest BCUT2D eigenvalue weighted by molar-refractivity contribution is 5.33. The van der Waals surface area contributed by atoms with Gasteiger partial charge >= 0.3 is 0 Å². The molecule has 4 heteroatoms. The quantitative estimate of drug-likeness (QED) is 0.837. The smallest absolute Gasteiger partial charge is 0.121 e. The summed E-state index contributed by atoms with van der Waals surface area (Å²) in [7, 11) is 0. The lowest BCUT2D eigenvalue weighted by Crippen LogP contribution is -2.32. The normalized spacial score (nSPS) is 25.8. The number of nitrogens with zero attached hydrogens (tertiary/aromatic N) is 2. The molecule has 2 aliphatic rings. The molecule has 1 aromatic heterocycles. The van der Waals surface area contributed by atoms with Crippen molar-refractivity contribution in [3.05, 3.63) is 11.8 Å². The van der Waals surface area contributed by atoms with Crippen LogP contribution in [-0.2, 0) is 6.54 Å². The minimum atomic E-state index is 0.683. The van der Waals surface area contributed by atoms with Gasteiger partial charge in [0.2, 0.25) is 0 Å². The number of nitrogens with two attached hydrogens (primary N) is 1. The first-order valence-electron chi connectivity index (χ1n) is 6.87. The Morgan fingerprint density at radius 2 is 2.24 bits per heavy atom. The molecule has 0 spiro atoms. The predicted octanol–water partition coefficient (Wildman–Crippen LogP) is 1.73. The highest BCUT2D eigenvalue weighted by atomic mass is 15.3. The van der Waals surface area contributed by atoms with E-state index in [1.165, 1.54) is 44.3 Å². The predicted molar refractivity (Wildman–Crippen MR) is 68.8 cm³/mol. The maximum absolute atomic E-state index is 6.06. The van der Waals surface area contributed by atoms with Crippen molar-refractivity contribution < 1.29 is 0 Å². The van der Waals surface area contributed by atoms with Gasteiger partial charge in [0.05, 0.1) is 5.69 Å². The zero-order valence-electron chi connectivity index (χ0n) is 10.4. The summed E-state index contributed by atoms with van der Waals surface area (Å²) in [5.41, 5.74) is 7.28. The Hall–Kier alpha value is -1.03. The molecule has 1 aliphatic carbocycles. The maximum Gasteiger partial charge on any atom is 0.121 e. The second kappa shape index (κ2) is 4.69. The van der Waals surface area contributed by atoms with E-state index in [1.807, 2.05) is 4.68 Å². The molecule has 1 aromatic rings. The fraction of sp³-hybridized carbons (Fsp3) is 0.769. The van der Waals surface area contributed by atoms with E-state index in [2.05, 4.69) is 16.5 Å². The maximum atomic E-state index is 6.06. The van der Waals surface area contributed by atoms with Gasteiger partial charge in [0.1, 0.15) is 5.82 Å². The summed E-state index contributed by atoms with van der Waals surface area (Å²) in [4.78, 5) is 0. The molecule has 3 N–H and O–H groups in total. The molecule has 0 aromatic carbocycles. The summed E-state index contributed by atoms with van der Waals surface area (Å²) in [6.07, 6.45) is 6.51. The summed E-state index contributed by atoms with van der Waals surface area (Å²) in [6, 6.07) is 2.08. The molecule has 2 fully saturated rings. The zero-order chi connectivity index (χ0) is 11.7. The summed E-state index contributed by atoms with van der Waals surface area (Å²) < 4.78 is 2.02. The summed E-state index contributed by atoms with van der Waals surface area (Å²) in [5.74, 6) is 2.22. The van der Waals surface area contributed by atoms with Crippen molar-refractivity contribution in [1.29, 1.82) is 0 Å². The monoisotopic (exact) mass is 234 g/mol. The molecule has 0 unspecified atom stereocenters. The summed E-state index contributed by atoms with van der Waals surface area (Å²) in [5, 5.41) is 8.13. The molecule has 2 heterocycles. The van der Waals surface area contributed by atoms with Gasteiger partial charge in [-0.25, -0.2) is 4.68 Å². The summed E-state index contributed by atoms with van der Waals surface area (Å²) >= 11 is 0. The molecule has 1 saturated heterocycles. The Morgan fingerprint density at radius 1 is 1.35 bits per heavy atom. The molecule has 1 saturated carbocycles. The van der Waals surface area contributed by atoms with Crippen LogP contribution in [0.1, 0.15) is 43.7 Å². The molecule has 17 heavy (non-hydrogen) atoms. The lowest BCUT2D eigenvalue weighted by molar-refractivity contribution is 0.323. The van der Waals surface area contributed by atoms with Gasteiger partial charge in [0.15, 0.2) is 0 Å². The molecular formula is C13H22N4. The van der Waals surface area contributed by atoms with Crippen molar-refractivity contribution in [3.63, 3.8) is 0 Å². The van der Waals surface area contributed by atoms with Crippen LogP contribution in [0.15, 0.2) is 6.07 Å². The lowest BCUT2D eigenvalue weighted by Gasteiger charge is -2.24. The van der Waals surface area contributed by atoms with Crippen LogP contribution in [-0.4, -0.2) is 22.9 Å². The van der Waals surface area contributed by atoms with Gasteiger partial charge in [-0.05, 0) is 44.7 Å². The Kier molecular flexibility index (Phi) is 3.05. The Balaban J connectivity index is 1.66. The van der Waals surface area contributed by atoms with Crippen LogP contribution in [0, 0.1) is 5.92 Å². The van der Waals surface area contributed by atoms with Crippen LogP contribution in [0.3, 0.4) is 0 Å². The van der Waals surface area contributed by atoms with E-state index >= 15 is 0 Å². The topological polar surface area (TPSA) is 55.9 Å². The molecule has 0 bridgehead atoms. The number of piperidine rings is 1. The van der Waals surface area contributed by atoms with Crippen molar-refractivity contribution in [1.82, 2.24) is 15.1 Å². The van der Waals surface area contributed by atoms with Crippen molar-refractivity contribution in [2.75, 3.05) is 18.8 Å². The standard InChI is InChI=1S/C13H22N4/c14-13-7-12(11-4-1-5-11)16-17(13)9-10-3-2-6-15-8-10/h7,10-11,15H,1-6,8-9,14H2/t10-/m0/s1. The molecule has 4 nitrogen and oxygen atoms in total. The largest absolute Gasteiger partial charge is 0.384 e. The minimum Gasteiger partial charge on any atom is -0.384 e. The van der Waals surface area contributed by atoms with Crippen LogP contribution in [0.4, 0.5) is 5.82 Å². The first kappa shape index (κ1) is 11.1. The summed E-state index contributed by atoms with van der Waals surface area (Å²) in [6.45, 7) is 3.25. The van der Waals surface area contributed by atoms with E-state index in [0.717, 1.165) is 18.9 Å². The first-order valence-corrected chi connectivity index (χ1v) is 6.87. The van der Waals surface area contributed by atoms with Gasteiger partial charge in [-0.3, -0.25) is 0 Å². The van der Waals surface area contributed by atoms with E-state index in [-0.39, 0.29) is 0 Å². The van der Waals surface area contributed by atoms with Crippen LogP contribution in [0.5, 0.6) is 0 Å². The van der Waals surface area contributed by atoms with Crippen LogP contribution >= 0.6 is 0 Å². The molecule has 94 valence electrons. The van der Waals surface area contributed by atoms with Crippen molar-refractivity contribution in [2.45, 2.75) is 44.6 Å². The van der Waals surface area contributed by atoms with E-state index in [0.29, 0.717) is 11.8 Å². The van der Waals surface area contributed by atoms with Gasteiger partial charge in [0.25, 0.3) is 0 Å². The SMILES string of the molecule is Nc1cc(C2CCC2)nn1C[C@H]1CCCNC1. The van der Waals surface area contributed by atoms with Gasteiger partial charge in [-0.15, -0.1) is 0 Å². The highest BCUT2D eigenvalue weighted by Gasteiger charge is 2.23. The van der Waals surface area contributed by atoms with Crippen LogP contribution < -0.4 is 11.1 Å². The number of anilines is 1. The van der Waals surface area contributed by atoms with Crippen LogP contribution in [0.2, 0.25) is 0 Å². The third-order valence-corrected chi connectivity index (χ3v) is 4.18. The first-order chi connectivity index (χ1) is 8.33. The second-order valence-electron chi connectivity index (χ2n) is 5.52. The number of nitrogens with one attached hydrogen (secondary N) is 1. The van der Waals surface area contributed by atoms with Crippen molar-refractivity contribution >= 4 is 5.82 Å². The third kappa shape index (κ3) is 2.32. The number of hydrogen-bond acceptors (Lipinski definition) is 3. The van der Waals surface area contributed by atoms with Gasteiger partial charge in [-0.2, -0.15) is 5.10 Å². The van der Waals surface area contributed by atoms with Gasteiger partial charge in [-0.1, -0.05) is 6.42 Å². The van der Waals surface area contributed by atoms with Crippen molar-refractivity contribution in [2.24, 2.45) is 5.92 Å². The van der Waals surface area contributed by atoms with Crippen molar-refractivity contribution in [3.8, 4) is 0 Å². The lowest BCUT2D eigenvalue weighted by atomic mass is 9.83. The van der Waals surface area contributed by atoms with Crippen LogP contribution in [0.25, 0.3) is 0 Å². The van der Waals surface area contributed by atoms with Gasteiger partial charge < -0.3 is 11.1 Å². The Labute approximate surface area is 103 Å². The molecule has 3 rings (SSSR count). The fourth-order valence-corrected chi connectivity index (χ4v) is 2.83. The fourth-order valence-electron chi connectivity index (χ4n) is 2.83. The molecular weight excluding hydrogens is 212 g/mol. The Morgan fingerprint density at radius 3 is 2.88 bits per heavy atom. The number of aromatic nitrogens is 2. The second-order valence-corrected chi connectivity index (χ2v) is 5.52. The molecule has 0 amide bonds. The number of hydrogen-bond donors (Lipinski definition) is 2. The molecule has 0 radical (unpaired) electrons. The van der Waals surface area contributed by atoms with E-state index in [4.69, 9.17) is 5.73 Å². The van der Waals surface area contributed by atoms with Gasteiger partial charge in [0, 0.05) is 18.5 Å². The van der Waals surface area contributed by atoms with E-state index < -0.39 is 0 Å². The van der Waals surface area contributed by atoms with E-state index in [9.17, 15) is 0 Å². The number of nitrogen functional groups attached to an aromatic ring is 1. The average molecular weight is 234 g/mol. The molecule has 1 atom stereocenters. The molecule has 1 aliphatic heterocycles. The zero-order valence-corrected chi connectivity index (χ0v) is 10.4. The minimum absolute atomic E-state index is 0.683.